The summed E-state index contributed by atoms with van der Waals surface area (Å²) in [4.78, 5) is 5.02. The fraction of sp³-hybridized carbons (Fsp3) is 0.636. The van der Waals surface area contributed by atoms with Gasteiger partial charge in [0.05, 0.1) is 4.99 Å². The minimum atomic E-state index is 0.390. The molecule has 1 nitrogen and oxygen atoms in total. The van der Waals surface area contributed by atoms with Crippen molar-refractivity contribution in [3.63, 3.8) is 0 Å². The quantitative estimate of drug-likeness (QED) is 0.694. The van der Waals surface area contributed by atoms with Gasteiger partial charge in [0.25, 0.3) is 0 Å². The zero-order chi connectivity index (χ0) is 12.0. The van der Waals surface area contributed by atoms with Crippen LogP contribution in [0.2, 0.25) is 0 Å². The van der Waals surface area contributed by atoms with Crippen molar-refractivity contribution in [3.05, 3.63) is 11.0 Å². The number of likely N-dealkylation sites (N-methyl/N-ethyl adjacent to an activating group) is 1. The van der Waals surface area contributed by atoms with Crippen LogP contribution in [0.5, 0.6) is 0 Å². The van der Waals surface area contributed by atoms with Crippen LogP contribution in [0.3, 0.4) is 0 Å². The lowest BCUT2D eigenvalue weighted by Gasteiger charge is -2.31. The van der Waals surface area contributed by atoms with E-state index in [0.717, 1.165) is 16.4 Å². The molecule has 0 saturated heterocycles. The van der Waals surface area contributed by atoms with E-state index in [0.29, 0.717) is 5.92 Å². The Kier molecular flexibility index (Phi) is 7.40. The molecule has 15 heavy (non-hydrogen) atoms. The van der Waals surface area contributed by atoms with Crippen LogP contribution in [-0.4, -0.2) is 28.2 Å². The lowest BCUT2D eigenvalue weighted by Crippen LogP contribution is -2.38. The van der Waals surface area contributed by atoms with Gasteiger partial charge in [0.2, 0.25) is 0 Å². The van der Waals surface area contributed by atoms with Gasteiger partial charge in [-0.2, -0.15) is 0 Å². The summed E-state index contributed by atoms with van der Waals surface area (Å²) in [7, 11) is 1.95. The number of thioether (sulfide) groups is 1. The van der Waals surface area contributed by atoms with Gasteiger partial charge in [0, 0.05) is 13.0 Å². The molecule has 0 aliphatic carbocycles. The van der Waals surface area contributed by atoms with Gasteiger partial charge in [0.1, 0.15) is 4.99 Å². The largest absolute Gasteiger partial charge is 0.330 e. The molecular weight excluding hydrogens is 242 g/mol. The van der Waals surface area contributed by atoms with E-state index in [-0.39, 0.29) is 0 Å². The number of rotatable bonds is 2. The second kappa shape index (κ2) is 7.36. The Hall–Kier alpha value is 0.0700. The van der Waals surface area contributed by atoms with Crippen LogP contribution in [-0.2, 0) is 0 Å². The first kappa shape index (κ1) is 15.1. The van der Waals surface area contributed by atoms with Crippen molar-refractivity contribution in [2.45, 2.75) is 27.2 Å². The van der Waals surface area contributed by atoms with Gasteiger partial charge in [-0.3, -0.25) is 0 Å². The highest BCUT2D eigenvalue weighted by Crippen LogP contribution is 2.31. The van der Waals surface area contributed by atoms with Gasteiger partial charge in [-0.05, 0) is 23.7 Å². The summed E-state index contributed by atoms with van der Waals surface area (Å²) in [5.74, 6) is 0.390. The highest BCUT2D eigenvalue weighted by Gasteiger charge is 2.26. The first-order chi connectivity index (χ1) is 7.11. The summed E-state index contributed by atoms with van der Waals surface area (Å²) in [5, 5.41) is 0. The maximum absolute atomic E-state index is 5.35. The van der Waals surface area contributed by atoms with Gasteiger partial charge in [-0.1, -0.05) is 45.2 Å². The maximum Gasteiger partial charge on any atom is 0.107 e. The molecule has 0 spiro atoms. The lowest BCUT2D eigenvalue weighted by molar-refractivity contribution is 0.673. The standard InChI is InChI=1S/C9H13NS3.C2H6/c1-4-6-7(13-3)5-8(11)10(2)9(6)12;1-2/h5-6H,4H2,1-3H3;1-2H3. The third-order valence-corrected chi connectivity index (χ3v) is 4.04. The van der Waals surface area contributed by atoms with E-state index >= 15 is 0 Å². The van der Waals surface area contributed by atoms with Crippen LogP contribution in [0, 0.1) is 5.92 Å². The summed E-state index contributed by atoms with van der Waals surface area (Å²) in [5.41, 5.74) is 0. The predicted octanol–water partition coefficient (Wildman–Crippen LogP) is 3.89. The van der Waals surface area contributed by atoms with E-state index in [2.05, 4.69) is 19.3 Å². The van der Waals surface area contributed by atoms with E-state index in [9.17, 15) is 0 Å². The monoisotopic (exact) mass is 261 g/mol. The summed E-state index contributed by atoms with van der Waals surface area (Å²) in [6.45, 7) is 6.16. The second-order valence-electron chi connectivity index (χ2n) is 2.95. The van der Waals surface area contributed by atoms with Crippen LogP contribution in [0.15, 0.2) is 11.0 Å². The molecule has 0 fully saturated rings. The van der Waals surface area contributed by atoms with Crippen molar-refractivity contribution in [1.29, 1.82) is 0 Å². The van der Waals surface area contributed by atoms with Crippen LogP contribution in [0.4, 0.5) is 0 Å². The van der Waals surface area contributed by atoms with Crippen molar-refractivity contribution in [2.24, 2.45) is 5.92 Å². The molecule has 0 bridgehead atoms. The van der Waals surface area contributed by atoms with Gasteiger partial charge < -0.3 is 4.90 Å². The summed E-state index contributed by atoms with van der Waals surface area (Å²) >= 11 is 12.3. The maximum atomic E-state index is 5.35. The topological polar surface area (TPSA) is 3.24 Å². The highest BCUT2D eigenvalue weighted by molar-refractivity contribution is 8.02. The molecular formula is C11H19NS3. The SMILES string of the molecule is CC.CCC1C(=S)N(C)C(=S)C=C1SC. The molecule has 0 saturated carbocycles. The van der Waals surface area contributed by atoms with Crippen molar-refractivity contribution in [3.8, 4) is 0 Å². The molecule has 0 amide bonds. The Labute approximate surface area is 108 Å². The number of thiocarbonyl (C=S) groups is 2. The van der Waals surface area contributed by atoms with Crippen LogP contribution in [0.25, 0.3) is 0 Å². The van der Waals surface area contributed by atoms with Crippen LogP contribution in [0.1, 0.15) is 27.2 Å². The summed E-state index contributed by atoms with van der Waals surface area (Å²) in [6, 6.07) is 0. The molecule has 0 aromatic heterocycles. The van der Waals surface area contributed by atoms with Crippen molar-refractivity contribution in [1.82, 2.24) is 4.90 Å². The van der Waals surface area contributed by atoms with Crippen molar-refractivity contribution >= 4 is 46.2 Å². The first-order valence-corrected chi connectivity index (χ1v) is 7.23. The minimum Gasteiger partial charge on any atom is -0.330 e. The molecule has 0 aromatic carbocycles. The van der Waals surface area contributed by atoms with Gasteiger partial charge in [0.15, 0.2) is 0 Å². The molecule has 0 aromatic rings. The zero-order valence-corrected chi connectivity index (χ0v) is 12.5. The molecule has 1 rings (SSSR count). The molecule has 1 atom stereocenters. The van der Waals surface area contributed by atoms with Crippen molar-refractivity contribution in [2.75, 3.05) is 13.3 Å². The lowest BCUT2D eigenvalue weighted by atomic mass is 10.0. The molecule has 4 heteroatoms. The molecule has 1 aliphatic heterocycles. The highest BCUT2D eigenvalue weighted by atomic mass is 32.2. The van der Waals surface area contributed by atoms with Gasteiger partial charge >= 0.3 is 0 Å². The Morgan fingerprint density at radius 1 is 1.40 bits per heavy atom. The molecule has 1 heterocycles. The van der Waals surface area contributed by atoms with Crippen LogP contribution < -0.4 is 0 Å². The third kappa shape index (κ3) is 3.54. The second-order valence-corrected chi connectivity index (χ2v) is 4.66. The van der Waals surface area contributed by atoms with Crippen LogP contribution >= 0.6 is 36.2 Å². The van der Waals surface area contributed by atoms with E-state index in [1.165, 1.54) is 4.91 Å². The number of hydrogen-bond acceptors (Lipinski definition) is 3. The molecule has 0 radical (unpaired) electrons. The first-order valence-electron chi connectivity index (χ1n) is 5.19. The Balaban J connectivity index is 0.000000921. The van der Waals surface area contributed by atoms with Gasteiger partial charge in [-0.15, -0.1) is 11.8 Å². The Morgan fingerprint density at radius 3 is 2.33 bits per heavy atom. The normalized spacial score (nSPS) is 20.7. The Bertz CT molecular complexity index is 271. The smallest absolute Gasteiger partial charge is 0.107 e. The minimum absolute atomic E-state index is 0.390. The fourth-order valence-corrected chi connectivity index (χ4v) is 2.98. The zero-order valence-electron chi connectivity index (χ0n) is 10.0. The Morgan fingerprint density at radius 2 is 1.93 bits per heavy atom. The molecule has 1 unspecified atom stereocenters. The predicted molar refractivity (Wildman–Crippen MR) is 79.7 cm³/mol. The van der Waals surface area contributed by atoms with Crippen molar-refractivity contribution < 1.29 is 0 Å². The molecule has 86 valence electrons. The fourth-order valence-electron chi connectivity index (χ4n) is 1.36. The molecule has 0 N–H and O–H groups in total. The van der Waals surface area contributed by atoms with E-state index in [1.807, 2.05) is 25.8 Å². The number of hydrogen-bond donors (Lipinski definition) is 0. The summed E-state index contributed by atoms with van der Waals surface area (Å²) in [6.07, 6.45) is 5.19. The average Bonchev–Trinajstić information content (AvgIpc) is 2.28. The van der Waals surface area contributed by atoms with E-state index in [4.69, 9.17) is 24.4 Å². The van der Waals surface area contributed by atoms with E-state index in [1.54, 1.807) is 11.8 Å². The van der Waals surface area contributed by atoms with Gasteiger partial charge in [-0.25, -0.2) is 0 Å². The number of nitrogens with zero attached hydrogens (tertiary/aromatic N) is 1. The average molecular weight is 261 g/mol. The third-order valence-electron chi connectivity index (χ3n) is 2.21. The summed E-state index contributed by atoms with van der Waals surface area (Å²) < 4.78 is 0. The molecule has 1 aliphatic rings. The van der Waals surface area contributed by atoms with E-state index < -0.39 is 0 Å².